The average Bonchev–Trinajstić information content (AvgIpc) is 2.28. The molecule has 1 atom stereocenters. The molecule has 2 N–H and O–H groups in total. The normalized spacial score (nSPS) is 12.2. The van der Waals surface area contributed by atoms with Crippen molar-refractivity contribution in [1.82, 2.24) is 5.32 Å². The monoisotopic (exact) mass is 289 g/mol. The summed E-state index contributed by atoms with van der Waals surface area (Å²) in [6, 6.07) is 3.29. The van der Waals surface area contributed by atoms with Gasteiger partial charge in [-0.15, -0.1) is 0 Å². The third-order valence-electron chi connectivity index (χ3n) is 2.08. The lowest BCUT2D eigenvalue weighted by atomic mass is 10.1. The highest BCUT2D eigenvalue weighted by molar-refractivity contribution is 9.09. The van der Waals surface area contributed by atoms with Crippen LogP contribution in [0.5, 0.6) is 5.75 Å². The number of benzene rings is 1. The molecule has 88 valence electrons. The number of hydrogen-bond donors (Lipinski definition) is 2. The lowest BCUT2D eigenvalue weighted by molar-refractivity contribution is 0.0946. The zero-order chi connectivity index (χ0) is 12.1. The largest absolute Gasteiger partial charge is 0.507 e. The molecule has 0 aromatic heterocycles. The molecule has 0 heterocycles. The molecule has 0 bridgehead atoms. The second kappa shape index (κ2) is 5.84. The number of carbonyl (C=O) groups excluding carboxylic acids is 1. The second-order valence-electron chi connectivity index (χ2n) is 3.63. The molecule has 0 aliphatic carbocycles. The number of hydrogen-bond acceptors (Lipinski definition) is 2. The van der Waals surface area contributed by atoms with E-state index in [2.05, 4.69) is 21.2 Å². The fraction of sp³-hybridized carbons (Fsp3) is 0.364. The molecular weight excluding hydrogens is 277 g/mol. The number of nitrogens with one attached hydrogen (secondary N) is 1. The summed E-state index contributed by atoms with van der Waals surface area (Å²) in [5, 5.41) is 12.8. The quantitative estimate of drug-likeness (QED) is 0.836. The van der Waals surface area contributed by atoms with Crippen LogP contribution in [0.3, 0.4) is 0 Å². The van der Waals surface area contributed by atoms with Gasteiger partial charge in [0.25, 0.3) is 5.91 Å². The van der Waals surface area contributed by atoms with Gasteiger partial charge >= 0.3 is 0 Å². The van der Waals surface area contributed by atoms with Crippen molar-refractivity contribution in [2.45, 2.75) is 6.92 Å². The first-order valence-electron chi connectivity index (χ1n) is 4.87. The Bertz CT molecular complexity index is 384. The first-order valence-corrected chi connectivity index (χ1v) is 5.99. The van der Waals surface area contributed by atoms with Gasteiger partial charge in [0.05, 0.1) is 5.56 Å². The third kappa shape index (κ3) is 3.48. The summed E-state index contributed by atoms with van der Waals surface area (Å²) >= 11 is 3.29. The lowest BCUT2D eigenvalue weighted by Crippen LogP contribution is -2.28. The zero-order valence-electron chi connectivity index (χ0n) is 8.84. The van der Waals surface area contributed by atoms with Crippen molar-refractivity contribution >= 4 is 21.8 Å². The van der Waals surface area contributed by atoms with Crippen molar-refractivity contribution in [3.8, 4) is 5.75 Å². The Morgan fingerprint density at radius 3 is 2.94 bits per heavy atom. The molecule has 0 spiro atoms. The molecule has 0 aliphatic rings. The minimum Gasteiger partial charge on any atom is -0.507 e. The molecule has 1 unspecified atom stereocenters. The highest BCUT2D eigenvalue weighted by Gasteiger charge is 2.12. The van der Waals surface area contributed by atoms with E-state index in [0.29, 0.717) is 6.54 Å². The molecule has 1 aromatic carbocycles. The van der Waals surface area contributed by atoms with Crippen LogP contribution < -0.4 is 5.32 Å². The van der Waals surface area contributed by atoms with Crippen LogP contribution in [-0.2, 0) is 0 Å². The number of alkyl halides is 1. The fourth-order valence-electron chi connectivity index (χ4n) is 1.11. The molecule has 1 aromatic rings. The van der Waals surface area contributed by atoms with E-state index in [1.54, 1.807) is 0 Å². The number of carbonyl (C=O) groups is 1. The minimum atomic E-state index is -0.545. The van der Waals surface area contributed by atoms with Crippen LogP contribution in [0.1, 0.15) is 17.3 Å². The second-order valence-corrected chi connectivity index (χ2v) is 4.28. The van der Waals surface area contributed by atoms with Crippen LogP contribution in [0.4, 0.5) is 4.39 Å². The first kappa shape index (κ1) is 13.0. The summed E-state index contributed by atoms with van der Waals surface area (Å²) in [5.41, 5.74) is -0.0400. The van der Waals surface area contributed by atoms with Crippen LogP contribution in [0.15, 0.2) is 18.2 Å². The van der Waals surface area contributed by atoms with Crippen LogP contribution in [0, 0.1) is 11.7 Å². The number of rotatable bonds is 4. The van der Waals surface area contributed by atoms with Gasteiger partial charge in [-0.2, -0.15) is 0 Å². The first-order chi connectivity index (χ1) is 7.54. The molecule has 0 aliphatic heterocycles. The molecular formula is C11H13BrFNO2. The van der Waals surface area contributed by atoms with E-state index in [1.165, 1.54) is 0 Å². The Hall–Kier alpha value is -1.10. The smallest absolute Gasteiger partial charge is 0.255 e. The van der Waals surface area contributed by atoms with Crippen molar-refractivity contribution in [3.05, 3.63) is 29.6 Å². The van der Waals surface area contributed by atoms with Gasteiger partial charge in [0.15, 0.2) is 0 Å². The van der Waals surface area contributed by atoms with Crippen LogP contribution in [-0.4, -0.2) is 22.9 Å². The Kier molecular flexibility index (Phi) is 4.73. The van der Waals surface area contributed by atoms with Gasteiger partial charge in [0.2, 0.25) is 0 Å². The molecule has 0 fully saturated rings. The molecule has 1 amide bonds. The summed E-state index contributed by atoms with van der Waals surface area (Å²) < 4.78 is 12.9. The van der Waals surface area contributed by atoms with Crippen molar-refractivity contribution in [2.75, 3.05) is 11.9 Å². The van der Waals surface area contributed by atoms with Crippen molar-refractivity contribution in [1.29, 1.82) is 0 Å². The maximum atomic E-state index is 12.9. The predicted molar refractivity (Wildman–Crippen MR) is 63.4 cm³/mol. The topological polar surface area (TPSA) is 49.3 Å². The van der Waals surface area contributed by atoms with Crippen molar-refractivity contribution in [2.24, 2.45) is 5.92 Å². The lowest BCUT2D eigenvalue weighted by Gasteiger charge is -2.10. The molecule has 0 radical (unpaired) electrons. The molecule has 0 saturated carbocycles. The van der Waals surface area contributed by atoms with Crippen LogP contribution in [0.2, 0.25) is 0 Å². The number of phenolic OH excluding ortho intramolecular Hbond substituents is 1. The van der Waals surface area contributed by atoms with Gasteiger partial charge in [-0.25, -0.2) is 4.39 Å². The van der Waals surface area contributed by atoms with E-state index in [-0.39, 0.29) is 17.2 Å². The summed E-state index contributed by atoms with van der Waals surface area (Å²) in [4.78, 5) is 11.6. The van der Waals surface area contributed by atoms with Crippen molar-refractivity contribution < 1.29 is 14.3 Å². The van der Waals surface area contributed by atoms with Gasteiger partial charge in [0, 0.05) is 11.9 Å². The number of amides is 1. The highest BCUT2D eigenvalue weighted by atomic mass is 79.9. The Balaban J connectivity index is 2.69. The van der Waals surface area contributed by atoms with E-state index in [1.807, 2.05) is 6.92 Å². The number of aromatic hydroxyl groups is 1. The van der Waals surface area contributed by atoms with Crippen molar-refractivity contribution in [3.63, 3.8) is 0 Å². The zero-order valence-corrected chi connectivity index (χ0v) is 10.4. The van der Waals surface area contributed by atoms with Gasteiger partial charge in [-0.05, 0) is 24.1 Å². The molecule has 5 heteroatoms. The summed E-state index contributed by atoms with van der Waals surface area (Å²) in [5.74, 6) is -0.952. The third-order valence-corrected chi connectivity index (χ3v) is 3.18. The van der Waals surface area contributed by atoms with E-state index in [9.17, 15) is 14.3 Å². The Morgan fingerprint density at radius 1 is 1.62 bits per heavy atom. The van der Waals surface area contributed by atoms with E-state index < -0.39 is 11.7 Å². The number of halogens is 2. The number of phenols is 1. The summed E-state index contributed by atoms with van der Waals surface area (Å²) in [7, 11) is 0. The molecule has 3 nitrogen and oxygen atoms in total. The van der Waals surface area contributed by atoms with E-state index >= 15 is 0 Å². The van der Waals surface area contributed by atoms with E-state index in [4.69, 9.17) is 0 Å². The highest BCUT2D eigenvalue weighted by Crippen LogP contribution is 2.17. The minimum absolute atomic E-state index is 0.0400. The molecule has 1 rings (SSSR count). The standard InChI is InChI=1S/C11H13BrFNO2/c1-7(5-12)6-14-11(16)9-4-8(13)2-3-10(9)15/h2-4,7,15H,5-6H2,1H3,(H,14,16). The Morgan fingerprint density at radius 2 is 2.31 bits per heavy atom. The van der Waals surface area contributed by atoms with E-state index in [0.717, 1.165) is 23.5 Å². The maximum Gasteiger partial charge on any atom is 0.255 e. The fourth-order valence-corrected chi connectivity index (χ4v) is 1.34. The summed E-state index contributed by atoms with van der Waals surface area (Å²) in [6.07, 6.45) is 0. The molecule has 0 saturated heterocycles. The van der Waals surface area contributed by atoms with Gasteiger partial charge < -0.3 is 10.4 Å². The van der Waals surface area contributed by atoms with Gasteiger partial charge in [-0.1, -0.05) is 22.9 Å². The van der Waals surface area contributed by atoms with Gasteiger partial charge in [-0.3, -0.25) is 4.79 Å². The maximum absolute atomic E-state index is 12.9. The van der Waals surface area contributed by atoms with Crippen LogP contribution >= 0.6 is 15.9 Å². The molecule has 16 heavy (non-hydrogen) atoms. The SMILES string of the molecule is CC(CBr)CNC(=O)c1cc(F)ccc1O. The van der Waals surface area contributed by atoms with Crippen LogP contribution in [0.25, 0.3) is 0 Å². The Labute approximate surface area is 102 Å². The average molecular weight is 290 g/mol. The predicted octanol–water partition coefficient (Wildman–Crippen LogP) is 2.29. The van der Waals surface area contributed by atoms with Gasteiger partial charge in [0.1, 0.15) is 11.6 Å². The summed E-state index contributed by atoms with van der Waals surface area (Å²) in [6.45, 7) is 2.43.